The molecule has 1 aromatic carbocycles. The second kappa shape index (κ2) is 8.54. The maximum absolute atomic E-state index is 13.0. The van der Waals surface area contributed by atoms with Crippen LogP contribution in [0.2, 0.25) is 0 Å². The second-order valence-electron chi connectivity index (χ2n) is 4.95. The van der Waals surface area contributed by atoms with E-state index < -0.39 is 18.6 Å². The standard InChI is InChI=1S/C13H15F3I2N2O.ClH/c14-13(15,16)7-11(20-3-1-19-2-4-20)9-5-8(17)6-10(18)12(9)21;/h5-6,11,19,21H,1-4,7H2;1H/t11-;/m1./s1. The molecule has 0 spiro atoms. The van der Waals surface area contributed by atoms with Gasteiger partial charge in [-0.1, -0.05) is 0 Å². The first-order valence-corrected chi connectivity index (χ1v) is 8.63. The number of halogens is 6. The van der Waals surface area contributed by atoms with Crippen molar-refractivity contribution >= 4 is 57.6 Å². The molecule has 0 unspecified atom stereocenters. The molecular formula is C13H16ClF3I2N2O. The van der Waals surface area contributed by atoms with Gasteiger partial charge < -0.3 is 10.4 Å². The summed E-state index contributed by atoms with van der Waals surface area (Å²) < 4.78 is 40.3. The Morgan fingerprint density at radius 3 is 2.36 bits per heavy atom. The van der Waals surface area contributed by atoms with Crippen molar-refractivity contribution in [2.75, 3.05) is 26.2 Å². The molecular weight excluding hydrogens is 546 g/mol. The monoisotopic (exact) mass is 562 g/mol. The molecule has 1 fully saturated rings. The van der Waals surface area contributed by atoms with Crippen LogP contribution in [0.1, 0.15) is 18.0 Å². The van der Waals surface area contributed by atoms with Crippen molar-refractivity contribution in [2.45, 2.75) is 18.6 Å². The van der Waals surface area contributed by atoms with Gasteiger partial charge in [-0.3, -0.25) is 4.90 Å². The Hall–Kier alpha value is 0.480. The number of hydrogen-bond donors (Lipinski definition) is 2. The first-order valence-electron chi connectivity index (χ1n) is 6.47. The number of hydrogen-bond acceptors (Lipinski definition) is 3. The Morgan fingerprint density at radius 1 is 1.23 bits per heavy atom. The first kappa shape index (κ1) is 20.5. The third kappa shape index (κ3) is 5.53. The van der Waals surface area contributed by atoms with Crippen molar-refractivity contribution in [3.05, 3.63) is 24.8 Å². The lowest BCUT2D eigenvalue weighted by Gasteiger charge is -2.36. The number of phenols is 1. The highest BCUT2D eigenvalue weighted by Gasteiger charge is 2.37. The lowest BCUT2D eigenvalue weighted by Crippen LogP contribution is -2.46. The van der Waals surface area contributed by atoms with Gasteiger partial charge in [0.05, 0.1) is 9.99 Å². The predicted molar refractivity (Wildman–Crippen MR) is 98.6 cm³/mol. The summed E-state index contributed by atoms with van der Waals surface area (Å²) in [5.74, 6) is -0.0381. The summed E-state index contributed by atoms with van der Waals surface area (Å²) in [5, 5.41) is 13.3. The zero-order chi connectivity index (χ0) is 15.6. The summed E-state index contributed by atoms with van der Waals surface area (Å²) in [4.78, 5) is 1.80. The Bertz CT molecular complexity index is 511. The van der Waals surface area contributed by atoms with Crippen LogP contribution < -0.4 is 5.32 Å². The van der Waals surface area contributed by atoms with Crippen molar-refractivity contribution in [1.29, 1.82) is 0 Å². The van der Waals surface area contributed by atoms with Crippen molar-refractivity contribution in [1.82, 2.24) is 10.2 Å². The van der Waals surface area contributed by atoms with E-state index >= 15 is 0 Å². The molecule has 2 rings (SSSR count). The molecule has 0 radical (unpaired) electrons. The number of rotatable bonds is 3. The molecule has 1 aliphatic rings. The second-order valence-corrected chi connectivity index (χ2v) is 7.35. The summed E-state index contributed by atoms with van der Waals surface area (Å²) in [5.41, 5.74) is 0.366. The van der Waals surface area contributed by atoms with Gasteiger partial charge in [-0.2, -0.15) is 13.2 Å². The largest absolute Gasteiger partial charge is 0.506 e. The van der Waals surface area contributed by atoms with Gasteiger partial charge in [-0.15, -0.1) is 12.4 Å². The first-order chi connectivity index (χ1) is 9.78. The topological polar surface area (TPSA) is 35.5 Å². The van der Waals surface area contributed by atoms with Crippen molar-refractivity contribution in [3.8, 4) is 5.75 Å². The Balaban J connectivity index is 0.00000242. The number of piperazine rings is 1. The normalized spacial score (nSPS) is 17.9. The number of alkyl halides is 3. The van der Waals surface area contributed by atoms with Crippen LogP contribution in [0, 0.1) is 7.14 Å². The van der Waals surface area contributed by atoms with E-state index in [1.807, 2.05) is 22.6 Å². The molecule has 1 heterocycles. The minimum atomic E-state index is -4.27. The van der Waals surface area contributed by atoms with E-state index in [0.29, 0.717) is 35.3 Å². The fraction of sp³-hybridized carbons (Fsp3) is 0.538. The Morgan fingerprint density at radius 2 is 1.82 bits per heavy atom. The van der Waals surface area contributed by atoms with Crippen molar-refractivity contribution in [3.63, 3.8) is 0 Å². The van der Waals surface area contributed by atoms with E-state index in [-0.39, 0.29) is 18.2 Å². The number of nitrogens with zero attached hydrogens (tertiary/aromatic N) is 1. The fourth-order valence-corrected chi connectivity index (χ4v) is 4.38. The highest BCUT2D eigenvalue weighted by atomic mass is 127. The third-order valence-corrected chi connectivity index (χ3v) is 4.88. The molecule has 0 saturated carbocycles. The SMILES string of the molecule is Cl.Oc1c(I)cc(I)cc1[C@@H](CC(F)(F)F)N1CCNCC1. The highest BCUT2D eigenvalue weighted by Crippen LogP contribution is 2.40. The van der Waals surface area contributed by atoms with Crippen LogP contribution in [0.4, 0.5) is 13.2 Å². The zero-order valence-electron chi connectivity index (χ0n) is 11.5. The van der Waals surface area contributed by atoms with Gasteiger partial charge in [0, 0.05) is 41.4 Å². The number of aromatic hydroxyl groups is 1. The molecule has 9 heteroatoms. The summed E-state index contributed by atoms with van der Waals surface area (Å²) in [6.45, 7) is 2.41. The number of benzene rings is 1. The van der Waals surface area contributed by atoms with Crippen molar-refractivity contribution in [2.24, 2.45) is 0 Å². The van der Waals surface area contributed by atoms with Gasteiger partial charge in [0.25, 0.3) is 0 Å². The van der Waals surface area contributed by atoms with E-state index in [4.69, 9.17) is 0 Å². The van der Waals surface area contributed by atoms with E-state index in [2.05, 4.69) is 27.9 Å². The van der Waals surface area contributed by atoms with Crippen LogP contribution in [-0.4, -0.2) is 42.4 Å². The molecule has 1 aliphatic heterocycles. The Kier molecular flexibility index (Phi) is 7.97. The molecule has 1 saturated heterocycles. The quantitative estimate of drug-likeness (QED) is 0.549. The molecule has 3 nitrogen and oxygen atoms in total. The summed E-state index contributed by atoms with van der Waals surface area (Å²) in [6, 6.07) is 2.56. The van der Waals surface area contributed by atoms with E-state index in [0.717, 1.165) is 3.57 Å². The van der Waals surface area contributed by atoms with Gasteiger partial charge >= 0.3 is 6.18 Å². The van der Waals surface area contributed by atoms with E-state index in [1.54, 1.807) is 17.0 Å². The van der Waals surface area contributed by atoms with Gasteiger partial charge in [0.1, 0.15) is 5.75 Å². The van der Waals surface area contributed by atoms with Crippen LogP contribution in [0.3, 0.4) is 0 Å². The molecule has 0 aliphatic carbocycles. The van der Waals surface area contributed by atoms with Crippen LogP contribution in [0.25, 0.3) is 0 Å². The van der Waals surface area contributed by atoms with Crippen LogP contribution in [0.15, 0.2) is 12.1 Å². The molecule has 0 bridgehead atoms. The van der Waals surface area contributed by atoms with Crippen molar-refractivity contribution < 1.29 is 18.3 Å². The highest BCUT2D eigenvalue weighted by molar-refractivity contribution is 14.1. The maximum Gasteiger partial charge on any atom is 0.390 e. The lowest BCUT2D eigenvalue weighted by molar-refractivity contribution is -0.148. The molecule has 0 amide bonds. The maximum atomic E-state index is 13.0. The Labute approximate surface area is 160 Å². The predicted octanol–water partition coefficient (Wildman–Crippen LogP) is 3.92. The smallest absolute Gasteiger partial charge is 0.390 e. The minimum absolute atomic E-state index is 0. The van der Waals surface area contributed by atoms with Gasteiger partial charge in [0.2, 0.25) is 0 Å². The minimum Gasteiger partial charge on any atom is -0.506 e. The fourth-order valence-electron chi connectivity index (χ4n) is 2.49. The zero-order valence-corrected chi connectivity index (χ0v) is 16.6. The molecule has 1 aromatic rings. The number of nitrogens with one attached hydrogen (secondary N) is 1. The molecule has 126 valence electrons. The lowest BCUT2D eigenvalue weighted by atomic mass is 10.00. The average molecular weight is 563 g/mol. The third-order valence-electron chi connectivity index (χ3n) is 3.43. The van der Waals surface area contributed by atoms with Crippen LogP contribution >= 0.6 is 57.6 Å². The van der Waals surface area contributed by atoms with Crippen LogP contribution in [-0.2, 0) is 0 Å². The summed E-state index contributed by atoms with van der Waals surface area (Å²) in [7, 11) is 0. The van der Waals surface area contributed by atoms with Crippen LogP contribution in [0.5, 0.6) is 5.75 Å². The average Bonchev–Trinajstić information content (AvgIpc) is 2.40. The molecule has 2 N–H and O–H groups in total. The van der Waals surface area contributed by atoms with Gasteiger partial charge in [-0.05, 0) is 57.3 Å². The van der Waals surface area contributed by atoms with Gasteiger partial charge in [-0.25, -0.2) is 0 Å². The summed E-state index contributed by atoms with van der Waals surface area (Å²) >= 11 is 4.01. The van der Waals surface area contributed by atoms with Gasteiger partial charge in [0.15, 0.2) is 0 Å². The molecule has 22 heavy (non-hydrogen) atoms. The van der Waals surface area contributed by atoms with E-state index in [1.165, 1.54) is 0 Å². The van der Waals surface area contributed by atoms with E-state index in [9.17, 15) is 18.3 Å². The molecule has 1 atom stereocenters. The summed E-state index contributed by atoms with van der Waals surface area (Å²) in [6.07, 6.45) is -5.22. The molecule has 0 aromatic heterocycles. The number of phenolic OH excluding ortho intramolecular Hbond substituents is 1.